The predicted octanol–water partition coefficient (Wildman–Crippen LogP) is 7.55. The van der Waals surface area contributed by atoms with Crippen molar-refractivity contribution >= 4 is 33.9 Å². The molecule has 0 fully saturated rings. The molecule has 13 heteroatoms. The summed E-state index contributed by atoms with van der Waals surface area (Å²) < 4.78 is 45.6. The van der Waals surface area contributed by atoms with Gasteiger partial charge in [-0.1, -0.05) is 41.7 Å². The van der Waals surface area contributed by atoms with Crippen molar-refractivity contribution in [1.82, 2.24) is 19.9 Å². The molecule has 0 radical (unpaired) electrons. The van der Waals surface area contributed by atoms with E-state index < -0.39 is 17.8 Å². The molecule has 9 nitrogen and oxygen atoms in total. The lowest BCUT2D eigenvalue weighted by molar-refractivity contribution is -0.137. The number of urea groups is 1. The first-order valence-electron chi connectivity index (χ1n) is 12.3. The van der Waals surface area contributed by atoms with E-state index in [0.29, 0.717) is 11.3 Å². The molecule has 0 aliphatic rings. The highest BCUT2D eigenvalue weighted by Crippen LogP contribution is 2.34. The Labute approximate surface area is 236 Å². The minimum absolute atomic E-state index is 0.0457. The third kappa shape index (κ3) is 6.94. The molecule has 0 saturated carbocycles. The number of benzene rings is 2. The highest BCUT2D eigenvalue weighted by atomic mass is 32.1. The Morgan fingerprint density at radius 3 is 2.29 bits per heavy atom. The van der Waals surface area contributed by atoms with Crippen molar-refractivity contribution in [3.05, 3.63) is 91.0 Å². The van der Waals surface area contributed by atoms with Crippen LogP contribution in [-0.4, -0.2) is 32.5 Å². The maximum absolute atomic E-state index is 13.3. The number of carbonyl (C=O) groups excluding carboxylic acids is 1. The van der Waals surface area contributed by atoms with Crippen molar-refractivity contribution in [2.45, 2.75) is 13.1 Å². The molecule has 3 N–H and O–H groups in total. The molecule has 0 aliphatic carbocycles. The van der Waals surface area contributed by atoms with Crippen molar-refractivity contribution in [2.24, 2.45) is 0 Å². The van der Waals surface area contributed by atoms with Gasteiger partial charge in [0.1, 0.15) is 5.75 Å². The Bertz CT molecular complexity index is 1630. The maximum Gasteiger partial charge on any atom is 0.417 e. The van der Waals surface area contributed by atoms with Gasteiger partial charge in [-0.2, -0.15) is 13.2 Å². The lowest BCUT2D eigenvalue weighted by Gasteiger charge is -2.14. The molecule has 0 bridgehead atoms. The molecule has 3 heterocycles. The minimum atomic E-state index is -4.63. The molecule has 208 valence electrons. The summed E-state index contributed by atoms with van der Waals surface area (Å²) in [4.78, 5) is 30.1. The van der Waals surface area contributed by atoms with E-state index >= 15 is 0 Å². The number of thiazole rings is 1. The number of hydrogen-bond acceptors (Lipinski definition) is 8. The van der Waals surface area contributed by atoms with E-state index in [-0.39, 0.29) is 23.1 Å². The summed E-state index contributed by atoms with van der Waals surface area (Å²) in [6, 6.07) is 16.0. The van der Waals surface area contributed by atoms with E-state index in [0.717, 1.165) is 34.4 Å². The molecule has 0 aliphatic heterocycles. The van der Waals surface area contributed by atoms with Gasteiger partial charge < -0.3 is 20.7 Å². The lowest BCUT2D eigenvalue weighted by Crippen LogP contribution is -2.21. The number of amides is 2. The second-order valence-corrected chi connectivity index (χ2v) is 9.53. The zero-order valence-corrected chi connectivity index (χ0v) is 22.3. The molecule has 0 spiro atoms. The second kappa shape index (κ2) is 12.0. The first-order valence-corrected chi connectivity index (χ1v) is 13.1. The van der Waals surface area contributed by atoms with Crippen LogP contribution in [0.3, 0.4) is 0 Å². The van der Waals surface area contributed by atoms with E-state index in [2.05, 4.69) is 35.9 Å². The fourth-order valence-electron chi connectivity index (χ4n) is 3.69. The molecule has 0 saturated heterocycles. The topological polar surface area (TPSA) is 114 Å². The monoisotopic (exact) mass is 577 g/mol. The Morgan fingerprint density at radius 1 is 0.878 bits per heavy atom. The number of alkyl halides is 3. The smallest absolute Gasteiger partial charge is 0.417 e. The molecule has 41 heavy (non-hydrogen) atoms. The summed E-state index contributed by atoms with van der Waals surface area (Å²) in [5.41, 5.74) is 0.817. The van der Waals surface area contributed by atoms with E-state index in [1.54, 1.807) is 60.0 Å². The number of pyridine rings is 1. The zero-order valence-electron chi connectivity index (χ0n) is 21.4. The van der Waals surface area contributed by atoms with Crippen LogP contribution >= 0.6 is 11.3 Å². The van der Waals surface area contributed by atoms with Gasteiger partial charge in [0.25, 0.3) is 0 Å². The number of rotatable bonds is 8. The molecule has 2 amide bonds. The average molecular weight is 578 g/mol. The van der Waals surface area contributed by atoms with Gasteiger partial charge in [-0.3, -0.25) is 4.98 Å². The van der Waals surface area contributed by atoms with Crippen molar-refractivity contribution in [1.29, 1.82) is 0 Å². The number of ether oxygens (including phenoxy) is 1. The van der Waals surface area contributed by atoms with Gasteiger partial charge in [0.15, 0.2) is 5.13 Å². The number of halogens is 3. The van der Waals surface area contributed by atoms with E-state index in [4.69, 9.17) is 4.74 Å². The summed E-state index contributed by atoms with van der Waals surface area (Å²) >= 11 is 1.55. The van der Waals surface area contributed by atoms with E-state index in [1.165, 1.54) is 12.4 Å². The van der Waals surface area contributed by atoms with Gasteiger partial charge in [-0.15, -0.1) is 0 Å². The van der Waals surface area contributed by atoms with Crippen LogP contribution < -0.4 is 20.7 Å². The Morgan fingerprint density at radius 2 is 1.61 bits per heavy atom. The lowest BCUT2D eigenvalue weighted by atomic mass is 10.1. The van der Waals surface area contributed by atoms with Crippen LogP contribution in [0.1, 0.15) is 12.5 Å². The van der Waals surface area contributed by atoms with Crippen LogP contribution in [-0.2, 0) is 6.18 Å². The molecule has 0 atom stereocenters. The number of nitrogens with one attached hydrogen (secondary N) is 3. The van der Waals surface area contributed by atoms with Crippen LogP contribution in [0.2, 0.25) is 0 Å². The largest absolute Gasteiger partial charge is 0.424 e. The highest BCUT2D eigenvalue weighted by Gasteiger charge is 2.32. The fraction of sp³-hybridized carbons (Fsp3) is 0.107. The SMILES string of the molecule is CCNc1ncc(-c2ccc(Oc3ncc(NC(=O)Nc4cc(C(F)(F)F)cnc4-c4ccccc4)cn3)cc2)s1. The maximum atomic E-state index is 13.3. The van der Waals surface area contributed by atoms with Crippen LogP contribution in [0.15, 0.2) is 85.5 Å². The molecule has 0 unspecified atom stereocenters. The number of carbonyl (C=O) groups is 1. The molecule has 2 aromatic carbocycles. The first-order chi connectivity index (χ1) is 19.8. The fourth-order valence-corrected chi connectivity index (χ4v) is 4.58. The summed E-state index contributed by atoms with van der Waals surface area (Å²) in [5, 5.41) is 8.98. The van der Waals surface area contributed by atoms with Gasteiger partial charge in [0, 0.05) is 24.5 Å². The number of nitrogens with zero attached hydrogens (tertiary/aromatic N) is 4. The van der Waals surface area contributed by atoms with Gasteiger partial charge >= 0.3 is 18.2 Å². The van der Waals surface area contributed by atoms with Gasteiger partial charge in [0.2, 0.25) is 0 Å². The van der Waals surface area contributed by atoms with Crippen LogP contribution in [0, 0.1) is 0 Å². The third-order valence-electron chi connectivity index (χ3n) is 5.58. The summed E-state index contributed by atoms with van der Waals surface area (Å²) in [6.45, 7) is 2.80. The Hall–Kier alpha value is -5.04. The van der Waals surface area contributed by atoms with Crippen LogP contribution in [0.4, 0.5) is 34.5 Å². The molecular formula is C28H22F3N7O2S. The number of aromatic nitrogens is 4. The van der Waals surface area contributed by atoms with Gasteiger partial charge in [-0.25, -0.2) is 19.7 Å². The quantitative estimate of drug-likeness (QED) is 0.174. The van der Waals surface area contributed by atoms with Crippen molar-refractivity contribution in [3.8, 4) is 33.5 Å². The third-order valence-corrected chi connectivity index (χ3v) is 6.58. The normalized spacial score (nSPS) is 11.1. The van der Waals surface area contributed by atoms with Crippen LogP contribution in [0.5, 0.6) is 11.8 Å². The predicted molar refractivity (Wildman–Crippen MR) is 151 cm³/mol. The summed E-state index contributed by atoms with van der Waals surface area (Å²) in [5.74, 6) is 0.508. The van der Waals surface area contributed by atoms with Gasteiger partial charge in [-0.05, 0) is 42.8 Å². The number of anilines is 3. The second-order valence-electron chi connectivity index (χ2n) is 8.50. The number of hydrogen-bond donors (Lipinski definition) is 3. The van der Waals surface area contributed by atoms with E-state index in [1.807, 2.05) is 19.1 Å². The standard InChI is InChI=1S/C28H22F3N7O2S/c1-2-32-27-36-16-23(41-27)17-8-10-21(11-9-17)40-26-34-14-20(15-35-26)37-25(39)38-22-12-19(28(29,30)31)13-33-24(22)18-6-4-3-5-7-18/h3-16H,2H2,1H3,(H,32,36)(H2,37,38,39). The Balaban J connectivity index is 1.23. The van der Waals surface area contributed by atoms with Crippen molar-refractivity contribution < 1.29 is 22.7 Å². The first kappa shape index (κ1) is 27.5. The molecular weight excluding hydrogens is 555 g/mol. The molecule has 5 aromatic rings. The molecule has 5 rings (SSSR count). The van der Waals surface area contributed by atoms with Crippen molar-refractivity contribution in [2.75, 3.05) is 22.5 Å². The highest BCUT2D eigenvalue weighted by molar-refractivity contribution is 7.18. The minimum Gasteiger partial charge on any atom is -0.424 e. The van der Waals surface area contributed by atoms with Gasteiger partial charge in [0.05, 0.1) is 39.9 Å². The van der Waals surface area contributed by atoms with Crippen molar-refractivity contribution in [3.63, 3.8) is 0 Å². The Kier molecular flexibility index (Phi) is 8.06. The zero-order chi connectivity index (χ0) is 28.8. The molecule has 3 aromatic heterocycles. The summed E-state index contributed by atoms with van der Waals surface area (Å²) in [6.07, 6.45) is 0.536. The van der Waals surface area contributed by atoms with Crippen LogP contribution in [0.25, 0.3) is 21.7 Å². The van der Waals surface area contributed by atoms with E-state index in [9.17, 15) is 18.0 Å². The average Bonchev–Trinajstić information content (AvgIpc) is 3.43. The summed E-state index contributed by atoms with van der Waals surface area (Å²) in [7, 11) is 0.